The van der Waals surface area contributed by atoms with E-state index >= 15 is 0 Å². The Morgan fingerprint density at radius 1 is 1.24 bits per heavy atom. The number of urea groups is 1. The van der Waals surface area contributed by atoms with Gasteiger partial charge in [0.25, 0.3) is 0 Å². The lowest BCUT2D eigenvalue weighted by molar-refractivity contribution is -0.119. The number of carbonyl (C=O) groups is 2. The highest BCUT2D eigenvalue weighted by Gasteiger charge is 2.34. The van der Waals surface area contributed by atoms with Crippen molar-refractivity contribution in [3.05, 3.63) is 35.4 Å². The molecule has 2 rings (SSSR count). The Labute approximate surface area is 148 Å². The summed E-state index contributed by atoms with van der Waals surface area (Å²) >= 11 is 0. The van der Waals surface area contributed by atoms with E-state index in [1.165, 1.54) is 10.5 Å². The van der Waals surface area contributed by atoms with Crippen LogP contribution in [-0.4, -0.2) is 66.7 Å². The Bertz CT molecular complexity index is 588. The van der Waals surface area contributed by atoms with Crippen molar-refractivity contribution in [1.29, 1.82) is 0 Å². The number of carbonyl (C=O) groups excluding carboxylic acids is 2. The molecule has 1 aromatic carbocycles. The molecule has 0 radical (unpaired) electrons. The number of nitrogens with one attached hydrogen (secondary N) is 1. The van der Waals surface area contributed by atoms with Crippen molar-refractivity contribution >= 4 is 11.9 Å². The first-order chi connectivity index (χ1) is 11.8. The van der Waals surface area contributed by atoms with E-state index in [0.29, 0.717) is 13.1 Å². The number of rotatable bonds is 7. The lowest BCUT2D eigenvalue weighted by atomic mass is 10.0. The van der Waals surface area contributed by atoms with E-state index in [2.05, 4.69) is 22.3 Å². The Hall–Kier alpha value is -2.12. The maximum atomic E-state index is 12.2. The van der Waals surface area contributed by atoms with Crippen molar-refractivity contribution < 1.29 is 14.7 Å². The third kappa shape index (κ3) is 6.03. The van der Waals surface area contributed by atoms with Gasteiger partial charge in [-0.05, 0) is 31.6 Å². The molecule has 0 aromatic heterocycles. The molecule has 4 N–H and O–H groups in total. The first-order valence-electron chi connectivity index (χ1n) is 8.57. The van der Waals surface area contributed by atoms with Crippen LogP contribution in [0.15, 0.2) is 24.3 Å². The molecule has 3 amide bonds. The van der Waals surface area contributed by atoms with Gasteiger partial charge in [0.15, 0.2) is 0 Å². The van der Waals surface area contributed by atoms with Gasteiger partial charge in [0.1, 0.15) is 0 Å². The van der Waals surface area contributed by atoms with Crippen LogP contribution in [0, 0.1) is 5.92 Å². The Balaban J connectivity index is 1.79. The second-order valence-corrected chi connectivity index (χ2v) is 6.93. The van der Waals surface area contributed by atoms with Gasteiger partial charge in [-0.3, -0.25) is 4.79 Å². The van der Waals surface area contributed by atoms with Gasteiger partial charge >= 0.3 is 6.03 Å². The van der Waals surface area contributed by atoms with E-state index in [0.717, 1.165) is 18.5 Å². The molecule has 25 heavy (non-hydrogen) atoms. The Morgan fingerprint density at radius 2 is 1.88 bits per heavy atom. The van der Waals surface area contributed by atoms with Crippen LogP contribution in [0.1, 0.15) is 17.5 Å². The summed E-state index contributed by atoms with van der Waals surface area (Å²) < 4.78 is 0. The standard InChI is InChI=1S/C18H28N4O3/c1-21(2)8-7-13-3-5-14(6-4-13)10-20-18(25)22-11-15(9-17(19)24)16(23)12-22/h3-6,15-16,23H,7-12H2,1-2H3,(H2,19,24)(H,20,25)/t15-,16-/m1/s1. The van der Waals surface area contributed by atoms with E-state index in [1.807, 2.05) is 26.2 Å². The molecule has 0 aliphatic carbocycles. The number of nitrogens with two attached hydrogens (primary N) is 1. The van der Waals surface area contributed by atoms with Crippen molar-refractivity contribution in [3.63, 3.8) is 0 Å². The van der Waals surface area contributed by atoms with Crippen LogP contribution >= 0.6 is 0 Å². The van der Waals surface area contributed by atoms with Gasteiger partial charge in [0.2, 0.25) is 5.91 Å². The number of β-amino-alcohol motifs (C(OH)–C–C–N with tert-alkyl or cyclic N) is 1. The molecule has 0 saturated carbocycles. The molecule has 7 heteroatoms. The quantitative estimate of drug-likeness (QED) is 0.654. The van der Waals surface area contributed by atoms with E-state index in [-0.39, 0.29) is 24.9 Å². The van der Waals surface area contributed by atoms with Gasteiger partial charge in [-0.25, -0.2) is 4.79 Å². The third-order valence-corrected chi connectivity index (χ3v) is 4.47. The minimum atomic E-state index is -0.700. The number of likely N-dealkylation sites (tertiary alicyclic amines) is 1. The van der Waals surface area contributed by atoms with Crippen molar-refractivity contribution in [3.8, 4) is 0 Å². The summed E-state index contributed by atoms with van der Waals surface area (Å²) in [4.78, 5) is 26.9. The number of likely N-dealkylation sites (N-methyl/N-ethyl adjacent to an activating group) is 1. The minimum absolute atomic E-state index is 0.0966. The summed E-state index contributed by atoms with van der Waals surface area (Å²) in [5.74, 6) is -0.736. The van der Waals surface area contributed by atoms with Crippen molar-refractivity contribution in [2.45, 2.75) is 25.5 Å². The normalized spacial score (nSPS) is 20.1. The largest absolute Gasteiger partial charge is 0.391 e. The SMILES string of the molecule is CN(C)CCc1ccc(CNC(=O)N2C[C@@H](CC(N)=O)[C@H](O)C2)cc1. The zero-order valence-electron chi connectivity index (χ0n) is 14.9. The van der Waals surface area contributed by atoms with Crippen LogP contribution in [0.25, 0.3) is 0 Å². The van der Waals surface area contributed by atoms with E-state index < -0.39 is 12.0 Å². The molecule has 1 saturated heterocycles. The minimum Gasteiger partial charge on any atom is -0.391 e. The highest BCUT2D eigenvalue weighted by Crippen LogP contribution is 2.20. The van der Waals surface area contributed by atoms with E-state index in [9.17, 15) is 14.7 Å². The predicted molar refractivity (Wildman–Crippen MR) is 95.8 cm³/mol. The summed E-state index contributed by atoms with van der Waals surface area (Å²) in [6.07, 6.45) is 0.389. The van der Waals surface area contributed by atoms with E-state index in [1.54, 1.807) is 0 Å². The summed E-state index contributed by atoms with van der Waals surface area (Å²) in [6, 6.07) is 7.95. The number of aliphatic hydroxyl groups excluding tert-OH is 1. The third-order valence-electron chi connectivity index (χ3n) is 4.47. The summed E-state index contributed by atoms with van der Waals surface area (Å²) in [5, 5.41) is 12.8. The number of benzene rings is 1. The van der Waals surface area contributed by atoms with Gasteiger partial charge in [-0.1, -0.05) is 24.3 Å². The van der Waals surface area contributed by atoms with Gasteiger partial charge in [0.05, 0.1) is 6.10 Å². The molecule has 0 unspecified atom stereocenters. The maximum absolute atomic E-state index is 12.2. The summed E-state index contributed by atoms with van der Waals surface area (Å²) in [5.41, 5.74) is 7.46. The number of hydrogen-bond acceptors (Lipinski definition) is 4. The molecule has 1 aliphatic heterocycles. The molecule has 1 aromatic rings. The topological polar surface area (TPSA) is 98.9 Å². The molecule has 2 atom stereocenters. The highest BCUT2D eigenvalue weighted by atomic mass is 16.3. The van der Waals surface area contributed by atoms with Crippen LogP contribution < -0.4 is 11.1 Å². The fourth-order valence-electron chi connectivity index (χ4n) is 2.94. The average Bonchev–Trinajstić information content (AvgIpc) is 2.92. The van der Waals surface area contributed by atoms with Crippen LogP contribution in [0.5, 0.6) is 0 Å². The number of amides is 3. The second kappa shape index (κ2) is 8.82. The monoisotopic (exact) mass is 348 g/mol. The van der Waals surface area contributed by atoms with Crippen molar-refractivity contribution in [2.75, 3.05) is 33.7 Å². The number of hydrogen-bond donors (Lipinski definition) is 3. The van der Waals surface area contributed by atoms with Gasteiger partial charge in [-0.15, -0.1) is 0 Å². The van der Waals surface area contributed by atoms with Crippen LogP contribution in [0.3, 0.4) is 0 Å². The fourth-order valence-corrected chi connectivity index (χ4v) is 2.94. The predicted octanol–water partition coefficient (Wildman–Crippen LogP) is 0.168. The van der Waals surface area contributed by atoms with Gasteiger partial charge in [0, 0.05) is 38.5 Å². The second-order valence-electron chi connectivity index (χ2n) is 6.93. The van der Waals surface area contributed by atoms with Crippen LogP contribution in [0.4, 0.5) is 4.79 Å². The van der Waals surface area contributed by atoms with Crippen molar-refractivity contribution in [1.82, 2.24) is 15.1 Å². The molecule has 1 fully saturated rings. The zero-order valence-corrected chi connectivity index (χ0v) is 14.9. The van der Waals surface area contributed by atoms with E-state index in [4.69, 9.17) is 5.73 Å². The average molecular weight is 348 g/mol. The summed E-state index contributed by atoms with van der Waals surface area (Å²) in [6.45, 7) is 2.01. The molecule has 0 bridgehead atoms. The Morgan fingerprint density at radius 3 is 2.48 bits per heavy atom. The number of aliphatic hydroxyl groups is 1. The van der Waals surface area contributed by atoms with Crippen LogP contribution in [-0.2, 0) is 17.8 Å². The number of primary amides is 1. The first-order valence-corrected chi connectivity index (χ1v) is 8.57. The lowest BCUT2D eigenvalue weighted by Crippen LogP contribution is -2.38. The molecule has 0 spiro atoms. The Kier molecular flexibility index (Phi) is 6.78. The molecular formula is C18H28N4O3. The zero-order chi connectivity index (χ0) is 18.4. The molecule has 1 aliphatic rings. The fraction of sp³-hybridized carbons (Fsp3) is 0.556. The summed E-state index contributed by atoms with van der Waals surface area (Å²) in [7, 11) is 4.10. The smallest absolute Gasteiger partial charge is 0.317 e. The molecule has 138 valence electrons. The van der Waals surface area contributed by atoms with Crippen molar-refractivity contribution in [2.24, 2.45) is 11.7 Å². The maximum Gasteiger partial charge on any atom is 0.317 e. The molecule has 7 nitrogen and oxygen atoms in total. The molecule has 1 heterocycles. The highest BCUT2D eigenvalue weighted by molar-refractivity contribution is 5.76. The lowest BCUT2D eigenvalue weighted by Gasteiger charge is -2.17. The van der Waals surface area contributed by atoms with Gasteiger partial charge in [-0.2, -0.15) is 0 Å². The van der Waals surface area contributed by atoms with Gasteiger partial charge < -0.3 is 26.0 Å². The molecular weight excluding hydrogens is 320 g/mol. The number of nitrogens with zero attached hydrogens (tertiary/aromatic N) is 2. The first kappa shape index (κ1) is 19.2. The van der Waals surface area contributed by atoms with Crippen LogP contribution in [0.2, 0.25) is 0 Å².